The van der Waals surface area contributed by atoms with Crippen LogP contribution in [0.5, 0.6) is 0 Å². The summed E-state index contributed by atoms with van der Waals surface area (Å²) in [6, 6.07) is 20.2. The highest BCUT2D eigenvalue weighted by Crippen LogP contribution is 2.38. The molecule has 0 radical (unpaired) electrons. The first-order chi connectivity index (χ1) is 18.9. The van der Waals surface area contributed by atoms with E-state index in [0.717, 1.165) is 36.2 Å². The number of amides is 2. The highest BCUT2D eigenvalue weighted by Gasteiger charge is 2.51. The maximum Gasteiger partial charge on any atom is 0.408 e. The lowest BCUT2D eigenvalue weighted by Gasteiger charge is -2.46. The average molecular weight is 565 g/mol. The van der Waals surface area contributed by atoms with E-state index < -0.39 is 26.1 Å². The number of hydrogen-bond acceptors (Lipinski definition) is 4. The summed E-state index contributed by atoms with van der Waals surface area (Å²) in [5.41, 5.74) is -0.671. The molecule has 1 aliphatic heterocycles. The third-order valence-electron chi connectivity index (χ3n) is 8.40. The Balaban J connectivity index is 1.70. The number of nitrogens with one attached hydrogen (secondary N) is 1. The number of likely N-dealkylation sites (tertiary alicyclic amines) is 1. The molecule has 0 spiro atoms. The summed E-state index contributed by atoms with van der Waals surface area (Å²) < 4.78 is 12.7. The number of nitrogens with zero attached hydrogens (tertiary/aromatic N) is 1. The lowest BCUT2D eigenvalue weighted by atomic mass is 9.78. The van der Waals surface area contributed by atoms with E-state index in [1.54, 1.807) is 0 Å². The van der Waals surface area contributed by atoms with Crippen LogP contribution in [0.3, 0.4) is 0 Å². The number of benzene rings is 2. The Kier molecular flexibility index (Phi) is 9.46. The summed E-state index contributed by atoms with van der Waals surface area (Å²) in [5.74, 6) is 0.492. The van der Waals surface area contributed by atoms with Crippen LogP contribution in [0, 0.1) is 5.92 Å². The normalized spacial score (nSPS) is 20.8. The Labute approximate surface area is 242 Å². The maximum atomic E-state index is 14.3. The van der Waals surface area contributed by atoms with Gasteiger partial charge in [-0.2, -0.15) is 0 Å². The van der Waals surface area contributed by atoms with E-state index in [-0.39, 0.29) is 23.6 Å². The van der Waals surface area contributed by atoms with Gasteiger partial charge in [-0.1, -0.05) is 94.3 Å². The molecule has 4 rings (SSSR count). The molecule has 0 unspecified atom stereocenters. The minimum atomic E-state index is -2.90. The number of hydrogen-bond donors (Lipinski definition) is 1. The van der Waals surface area contributed by atoms with Crippen molar-refractivity contribution in [2.75, 3.05) is 13.2 Å². The second-order valence-corrected chi connectivity index (χ2v) is 17.8. The smallest absolute Gasteiger partial charge is 0.408 e. The molecule has 1 saturated heterocycles. The largest absolute Gasteiger partial charge is 0.444 e. The van der Waals surface area contributed by atoms with Crippen LogP contribution >= 0.6 is 0 Å². The first kappa shape index (κ1) is 30.3. The SMILES string of the molecule is CC(C)(C)OC(=O)N[C@H](CO[Si](c1ccccc1)(c1ccccc1)C(C)(C)C)C(=O)N1CCC[C@H]2CCCC[C@@H]21. The summed E-state index contributed by atoms with van der Waals surface area (Å²) in [5, 5.41) is 4.98. The number of fused-ring (bicyclic) bond motifs is 1. The molecule has 40 heavy (non-hydrogen) atoms. The zero-order valence-corrected chi connectivity index (χ0v) is 26.2. The van der Waals surface area contributed by atoms with Crippen molar-refractivity contribution in [1.29, 1.82) is 0 Å². The van der Waals surface area contributed by atoms with E-state index in [1.807, 2.05) is 62.1 Å². The van der Waals surface area contributed by atoms with Crippen molar-refractivity contribution in [3.8, 4) is 0 Å². The highest BCUT2D eigenvalue weighted by atomic mass is 28.4. The van der Waals surface area contributed by atoms with Gasteiger partial charge in [-0.25, -0.2) is 4.79 Å². The van der Waals surface area contributed by atoms with Crippen molar-refractivity contribution in [2.24, 2.45) is 5.92 Å². The van der Waals surface area contributed by atoms with Gasteiger partial charge in [0, 0.05) is 12.6 Å². The topological polar surface area (TPSA) is 67.9 Å². The number of ether oxygens (including phenoxy) is 1. The van der Waals surface area contributed by atoms with Gasteiger partial charge < -0.3 is 19.4 Å². The first-order valence-electron chi connectivity index (χ1n) is 15.0. The molecule has 2 amide bonds. The zero-order valence-electron chi connectivity index (χ0n) is 25.2. The fourth-order valence-electron chi connectivity index (χ4n) is 6.69. The predicted molar refractivity (Wildman–Crippen MR) is 163 cm³/mol. The monoisotopic (exact) mass is 564 g/mol. The molecule has 2 aromatic carbocycles. The molecule has 0 bridgehead atoms. The van der Waals surface area contributed by atoms with E-state index in [4.69, 9.17) is 9.16 Å². The number of rotatable bonds is 7. The van der Waals surface area contributed by atoms with Crippen molar-refractivity contribution in [1.82, 2.24) is 10.2 Å². The van der Waals surface area contributed by atoms with Gasteiger partial charge in [0.2, 0.25) is 5.91 Å². The molecule has 2 aliphatic rings. The van der Waals surface area contributed by atoms with Gasteiger partial charge in [-0.15, -0.1) is 0 Å². The fourth-order valence-corrected chi connectivity index (χ4v) is 11.3. The van der Waals surface area contributed by atoms with Crippen LogP contribution in [0.1, 0.15) is 80.1 Å². The summed E-state index contributed by atoms with van der Waals surface area (Å²) in [4.78, 5) is 29.4. The molecule has 6 nitrogen and oxygen atoms in total. The molecule has 1 aliphatic carbocycles. The van der Waals surface area contributed by atoms with Gasteiger partial charge in [0.25, 0.3) is 8.32 Å². The van der Waals surface area contributed by atoms with E-state index in [2.05, 4.69) is 50.4 Å². The zero-order chi connectivity index (χ0) is 29.0. The number of alkyl carbamates (subject to hydrolysis) is 1. The standard InChI is InChI=1S/C33H48N2O4Si/c1-32(2,3)39-31(37)34-28(30(36)35-23-15-17-25-16-13-14-22-29(25)35)24-38-40(33(4,5)6,26-18-9-7-10-19-26)27-20-11-8-12-21-27/h7-12,18-21,25,28-29H,13-17,22-24H2,1-6H3,(H,34,37)/t25-,28-,29+/m1/s1. The molecule has 1 heterocycles. The van der Waals surface area contributed by atoms with Gasteiger partial charge in [0.15, 0.2) is 0 Å². The lowest BCUT2D eigenvalue weighted by molar-refractivity contribution is -0.140. The van der Waals surface area contributed by atoms with Crippen molar-refractivity contribution < 1.29 is 18.8 Å². The summed E-state index contributed by atoms with van der Waals surface area (Å²) in [6.07, 6.45) is 6.18. The first-order valence-corrected chi connectivity index (χ1v) is 16.9. The number of carbonyl (C=O) groups excluding carboxylic acids is 2. The average Bonchev–Trinajstić information content (AvgIpc) is 2.91. The maximum absolute atomic E-state index is 14.3. The Morgan fingerprint density at radius 3 is 1.98 bits per heavy atom. The molecule has 2 fully saturated rings. The molecule has 2 aromatic rings. The van der Waals surface area contributed by atoms with Crippen molar-refractivity contribution >= 4 is 30.7 Å². The predicted octanol–water partition coefficient (Wildman–Crippen LogP) is 5.64. The second-order valence-electron chi connectivity index (χ2n) is 13.5. The fraction of sp³-hybridized carbons (Fsp3) is 0.576. The Bertz CT molecular complexity index is 1090. The Morgan fingerprint density at radius 1 is 0.875 bits per heavy atom. The second kappa shape index (κ2) is 12.5. The summed E-state index contributed by atoms with van der Waals surface area (Å²) >= 11 is 0. The third kappa shape index (κ3) is 6.80. The summed E-state index contributed by atoms with van der Waals surface area (Å²) in [6.45, 7) is 13.0. The molecule has 3 atom stereocenters. The van der Waals surface area contributed by atoms with Gasteiger partial charge in [-0.05, 0) is 67.8 Å². The molecule has 7 heteroatoms. The van der Waals surface area contributed by atoms with Crippen LogP contribution in [0.25, 0.3) is 0 Å². The minimum Gasteiger partial charge on any atom is -0.444 e. The van der Waals surface area contributed by atoms with E-state index in [1.165, 1.54) is 19.3 Å². The highest BCUT2D eigenvalue weighted by molar-refractivity contribution is 6.99. The number of piperidine rings is 1. The van der Waals surface area contributed by atoms with Gasteiger partial charge >= 0.3 is 6.09 Å². The Hall–Kier alpha value is -2.64. The van der Waals surface area contributed by atoms with Gasteiger partial charge in [0.1, 0.15) is 11.6 Å². The van der Waals surface area contributed by atoms with Crippen molar-refractivity contribution in [2.45, 2.75) is 103 Å². The molecule has 1 N–H and O–H groups in total. The molecule has 218 valence electrons. The quantitative estimate of drug-likeness (QED) is 0.442. The van der Waals surface area contributed by atoms with Crippen LogP contribution < -0.4 is 15.7 Å². The van der Waals surface area contributed by atoms with E-state index in [9.17, 15) is 9.59 Å². The van der Waals surface area contributed by atoms with Crippen LogP contribution in [0.4, 0.5) is 4.79 Å². The van der Waals surface area contributed by atoms with Crippen LogP contribution in [0.2, 0.25) is 5.04 Å². The van der Waals surface area contributed by atoms with Crippen molar-refractivity contribution in [3.63, 3.8) is 0 Å². The lowest BCUT2D eigenvalue weighted by Crippen LogP contribution is -2.68. The van der Waals surface area contributed by atoms with Gasteiger partial charge in [-0.3, -0.25) is 4.79 Å². The Morgan fingerprint density at radius 2 is 1.43 bits per heavy atom. The molecular formula is C33H48N2O4Si. The van der Waals surface area contributed by atoms with Gasteiger partial charge in [0.05, 0.1) is 6.61 Å². The molecular weight excluding hydrogens is 516 g/mol. The van der Waals surface area contributed by atoms with E-state index >= 15 is 0 Å². The minimum absolute atomic E-state index is 0.0552. The summed E-state index contributed by atoms with van der Waals surface area (Å²) in [7, 11) is -2.90. The van der Waals surface area contributed by atoms with Crippen molar-refractivity contribution in [3.05, 3.63) is 60.7 Å². The van der Waals surface area contributed by atoms with Crippen LogP contribution in [-0.2, 0) is 14.0 Å². The van der Waals surface area contributed by atoms with E-state index in [0.29, 0.717) is 5.92 Å². The molecule has 0 aromatic heterocycles. The third-order valence-corrected chi connectivity index (χ3v) is 13.4. The molecule has 1 saturated carbocycles. The number of carbonyl (C=O) groups is 2. The van der Waals surface area contributed by atoms with Crippen LogP contribution in [-0.4, -0.2) is 56.1 Å². The van der Waals surface area contributed by atoms with Crippen LogP contribution in [0.15, 0.2) is 60.7 Å².